The maximum Gasteiger partial charge on any atom is 0.457 e. The van der Waals surface area contributed by atoms with Crippen LogP contribution >= 0.6 is 11.7 Å². The summed E-state index contributed by atoms with van der Waals surface area (Å²) in [5.41, 5.74) is 0.620. The van der Waals surface area contributed by atoms with Gasteiger partial charge >= 0.3 is 7.12 Å². The molecule has 0 radical (unpaired) electrons. The van der Waals surface area contributed by atoms with Gasteiger partial charge in [0, 0.05) is 6.32 Å². The van der Waals surface area contributed by atoms with E-state index in [4.69, 9.17) is 10.0 Å². The van der Waals surface area contributed by atoms with Gasteiger partial charge in [0.05, 0.1) is 23.6 Å². The Morgan fingerprint density at radius 1 is 1.67 bits per heavy atom. The van der Waals surface area contributed by atoms with E-state index in [2.05, 4.69) is 8.75 Å². The van der Waals surface area contributed by atoms with Gasteiger partial charge in [-0.2, -0.15) is 8.75 Å². The van der Waals surface area contributed by atoms with Crippen molar-refractivity contribution in [3.8, 4) is 0 Å². The Kier molecular flexibility index (Phi) is 2.15. The molecule has 0 fully saturated rings. The second kappa shape index (κ2) is 2.91. The van der Waals surface area contributed by atoms with E-state index in [1.807, 2.05) is 0 Å². The van der Waals surface area contributed by atoms with Crippen LogP contribution in [0.5, 0.6) is 0 Å². The highest BCUT2D eigenvalue weighted by Crippen LogP contribution is 1.95. The molecule has 4 nitrogen and oxygen atoms in total. The van der Waals surface area contributed by atoms with E-state index in [0.717, 1.165) is 11.7 Å². The lowest BCUT2D eigenvalue weighted by molar-refractivity contribution is 0.405. The summed E-state index contributed by atoms with van der Waals surface area (Å²) in [5, 5.41) is 16.8. The average molecular weight is 144 g/mol. The van der Waals surface area contributed by atoms with Crippen LogP contribution in [0.25, 0.3) is 0 Å². The predicted octanol–water partition coefficient (Wildman–Crippen LogP) is -0.907. The van der Waals surface area contributed by atoms with Crippen LogP contribution in [0.3, 0.4) is 0 Å². The molecule has 0 aromatic carbocycles. The number of nitrogens with zero attached hydrogens (tertiary/aromatic N) is 2. The topological polar surface area (TPSA) is 66.2 Å². The van der Waals surface area contributed by atoms with E-state index >= 15 is 0 Å². The zero-order valence-electron chi connectivity index (χ0n) is 4.56. The van der Waals surface area contributed by atoms with Gasteiger partial charge in [-0.3, -0.25) is 0 Å². The van der Waals surface area contributed by atoms with E-state index < -0.39 is 7.12 Å². The first-order chi connectivity index (χ1) is 4.29. The molecule has 0 aliphatic heterocycles. The fourth-order valence-electron chi connectivity index (χ4n) is 0.461. The van der Waals surface area contributed by atoms with Crippen LogP contribution in [0, 0.1) is 0 Å². The van der Waals surface area contributed by atoms with Crippen molar-refractivity contribution < 1.29 is 10.0 Å². The first-order valence-corrected chi connectivity index (χ1v) is 3.14. The minimum absolute atomic E-state index is 0.163. The van der Waals surface area contributed by atoms with Gasteiger partial charge in [0.15, 0.2) is 0 Å². The van der Waals surface area contributed by atoms with Crippen molar-refractivity contribution in [2.75, 3.05) is 0 Å². The molecule has 1 rings (SSSR count). The monoisotopic (exact) mass is 144 g/mol. The molecular weight excluding hydrogens is 139 g/mol. The predicted molar refractivity (Wildman–Crippen MR) is 33.8 cm³/mol. The summed E-state index contributed by atoms with van der Waals surface area (Å²) in [5.74, 6) is 0. The molecule has 0 aliphatic carbocycles. The summed E-state index contributed by atoms with van der Waals surface area (Å²) in [6.45, 7) is 0. The second-order valence-corrected chi connectivity index (χ2v) is 2.14. The highest BCUT2D eigenvalue weighted by molar-refractivity contribution is 6.99. The average Bonchev–Trinajstić information content (AvgIpc) is 2.15. The largest absolute Gasteiger partial charge is 0.457 e. The fourth-order valence-corrected chi connectivity index (χ4v) is 0.904. The van der Waals surface area contributed by atoms with Crippen LogP contribution in [0.15, 0.2) is 6.20 Å². The van der Waals surface area contributed by atoms with Crippen molar-refractivity contribution in [1.29, 1.82) is 0 Å². The van der Waals surface area contributed by atoms with Gasteiger partial charge in [0.25, 0.3) is 0 Å². The van der Waals surface area contributed by atoms with Crippen LogP contribution < -0.4 is 0 Å². The molecule has 0 aliphatic rings. The first kappa shape index (κ1) is 6.66. The Morgan fingerprint density at radius 3 is 2.89 bits per heavy atom. The van der Waals surface area contributed by atoms with Crippen LogP contribution in [-0.2, 0) is 6.32 Å². The van der Waals surface area contributed by atoms with Gasteiger partial charge in [-0.05, 0) is 0 Å². The van der Waals surface area contributed by atoms with E-state index in [1.165, 1.54) is 6.20 Å². The molecule has 0 bridgehead atoms. The Morgan fingerprint density at radius 2 is 2.44 bits per heavy atom. The maximum atomic E-state index is 8.42. The molecule has 1 aromatic rings. The molecule has 48 valence electrons. The lowest BCUT2D eigenvalue weighted by Crippen LogP contribution is -2.15. The smallest absolute Gasteiger partial charge is 0.427 e. The fraction of sp³-hybridized carbons (Fsp3) is 0.333. The van der Waals surface area contributed by atoms with Gasteiger partial charge in [-0.25, -0.2) is 0 Å². The van der Waals surface area contributed by atoms with Crippen molar-refractivity contribution in [2.24, 2.45) is 0 Å². The summed E-state index contributed by atoms with van der Waals surface area (Å²) in [4.78, 5) is 0. The molecule has 0 saturated carbocycles. The third-order valence-electron chi connectivity index (χ3n) is 0.799. The lowest BCUT2D eigenvalue weighted by atomic mass is 9.85. The standard InChI is InChI=1S/C3H5BN2O2S/c7-4(8)1-3-2-5-9-6-3/h2,7-8H,1H2. The highest BCUT2D eigenvalue weighted by Gasteiger charge is 2.08. The minimum Gasteiger partial charge on any atom is -0.427 e. The van der Waals surface area contributed by atoms with Gasteiger partial charge in [-0.15, -0.1) is 0 Å². The SMILES string of the molecule is OB(O)Cc1cnsn1. The third-order valence-corrected chi connectivity index (χ3v) is 1.31. The van der Waals surface area contributed by atoms with Crippen LogP contribution in [-0.4, -0.2) is 25.9 Å². The molecule has 0 saturated heterocycles. The Bertz CT molecular complexity index is 166. The second-order valence-electron chi connectivity index (χ2n) is 1.58. The maximum absolute atomic E-state index is 8.42. The zero-order chi connectivity index (χ0) is 6.69. The van der Waals surface area contributed by atoms with Crippen molar-refractivity contribution in [2.45, 2.75) is 6.32 Å². The molecule has 0 unspecified atom stereocenters. The number of hydrogen-bond donors (Lipinski definition) is 2. The van der Waals surface area contributed by atoms with Gasteiger partial charge < -0.3 is 10.0 Å². The van der Waals surface area contributed by atoms with Crippen LogP contribution in [0.2, 0.25) is 0 Å². The molecule has 0 amide bonds. The Hall–Kier alpha value is -0.455. The number of rotatable bonds is 2. The van der Waals surface area contributed by atoms with Crippen LogP contribution in [0.1, 0.15) is 5.69 Å². The Balaban J connectivity index is 2.48. The molecule has 9 heavy (non-hydrogen) atoms. The van der Waals surface area contributed by atoms with Crippen molar-refractivity contribution in [3.63, 3.8) is 0 Å². The summed E-state index contributed by atoms with van der Waals surface area (Å²) in [7, 11) is -1.31. The van der Waals surface area contributed by atoms with Crippen LogP contribution in [0.4, 0.5) is 0 Å². The first-order valence-electron chi connectivity index (χ1n) is 2.41. The van der Waals surface area contributed by atoms with E-state index in [0.29, 0.717) is 5.69 Å². The molecule has 1 heterocycles. The summed E-state index contributed by atoms with van der Waals surface area (Å²) in [6.07, 6.45) is 1.68. The van der Waals surface area contributed by atoms with E-state index in [9.17, 15) is 0 Å². The number of hydrogen-bond acceptors (Lipinski definition) is 5. The number of aromatic nitrogens is 2. The van der Waals surface area contributed by atoms with Gasteiger partial charge in [0.2, 0.25) is 0 Å². The van der Waals surface area contributed by atoms with Crippen molar-refractivity contribution in [1.82, 2.24) is 8.75 Å². The van der Waals surface area contributed by atoms with E-state index in [-0.39, 0.29) is 6.32 Å². The molecule has 6 heteroatoms. The highest BCUT2D eigenvalue weighted by atomic mass is 32.1. The zero-order valence-corrected chi connectivity index (χ0v) is 5.38. The van der Waals surface area contributed by atoms with Crippen molar-refractivity contribution >= 4 is 18.8 Å². The molecule has 0 atom stereocenters. The summed E-state index contributed by atoms with van der Waals surface area (Å²) < 4.78 is 7.45. The van der Waals surface area contributed by atoms with Gasteiger partial charge in [0.1, 0.15) is 0 Å². The van der Waals surface area contributed by atoms with E-state index in [1.54, 1.807) is 0 Å². The Labute approximate surface area is 56.6 Å². The summed E-state index contributed by atoms with van der Waals surface area (Å²) in [6, 6.07) is 0. The molecule has 1 aromatic heterocycles. The quantitative estimate of drug-likeness (QED) is 0.527. The summed E-state index contributed by atoms with van der Waals surface area (Å²) >= 11 is 1.06. The molecule has 0 spiro atoms. The minimum atomic E-state index is -1.31. The normalized spacial score (nSPS) is 9.56. The van der Waals surface area contributed by atoms with Crippen molar-refractivity contribution in [3.05, 3.63) is 11.9 Å². The molecule has 2 N–H and O–H groups in total. The van der Waals surface area contributed by atoms with Gasteiger partial charge in [-0.1, -0.05) is 0 Å². The molecular formula is C3H5BN2O2S. The third kappa shape index (κ3) is 2.09. The lowest BCUT2D eigenvalue weighted by Gasteiger charge is -1.89.